The highest BCUT2D eigenvalue weighted by Crippen LogP contribution is 2.28. The predicted octanol–water partition coefficient (Wildman–Crippen LogP) is 2.28. The summed E-state index contributed by atoms with van der Waals surface area (Å²) in [6.07, 6.45) is 0. The quantitative estimate of drug-likeness (QED) is 0.763. The van der Waals surface area contributed by atoms with Crippen molar-refractivity contribution in [1.29, 1.82) is 0 Å². The van der Waals surface area contributed by atoms with Crippen molar-refractivity contribution in [3.63, 3.8) is 0 Å². The second kappa shape index (κ2) is 7.19. The number of ether oxygens (including phenoxy) is 2. The van der Waals surface area contributed by atoms with Gasteiger partial charge in [-0.2, -0.15) is 15.0 Å². The Morgan fingerprint density at radius 1 is 1.10 bits per heavy atom. The van der Waals surface area contributed by atoms with Crippen LogP contribution in [0.1, 0.15) is 0 Å². The van der Waals surface area contributed by atoms with Gasteiger partial charge in [-0.15, -0.1) is 0 Å². The van der Waals surface area contributed by atoms with Crippen LogP contribution in [0.4, 0.5) is 5.95 Å². The molecule has 0 radical (unpaired) electrons. The summed E-state index contributed by atoms with van der Waals surface area (Å²) in [5.74, 6) is 1.66. The maximum Gasteiger partial charge on any atom is 0.229 e. The Kier molecular flexibility index (Phi) is 5.30. The average Bonchev–Trinajstić information content (AvgIpc) is 2.47. The standard InChI is InChI=1S/C14H17ClN4O2/c1-19(2)14-17-12(16-13(15)18-14)10-6-4-5-7-11(10)21-9-8-20-3/h4-7H,8-9H2,1-3H3. The molecular formula is C14H17ClN4O2. The molecule has 0 aliphatic carbocycles. The molecule has 6 nitrogen and oxygen atoms in total. The fourth-order valence-corrected chi connectivity index (χ4v) is 1.83. The lowest BCUT2D eigenvalue weighted by molar-refractivity contribution is 0.146. The molecule has 0 bridgehead atoms. The van der Waals surface area contributed by atoms with Gasteiger partial charge in [-0.3, -0.25) is 0 Å². The number of methoxy groups -OCH3 is 1. The van der Waals surface area contributed by atoms with E-state index in [1.54, 1.807) is 12.0 Å². The normalized spacial score (nSPS) is 10.5. The predicted molar refractivity (Wildman–Crippen MR) is 82.0 cm³/mol. The van der Waals surface area contributed by atoms with Gasteiger partial charge in [0.05, 0.1) is 12.2 Å². The molecule has 0 aliphatic rings. The molecule has 0 N–H and O–H groups in total. The van der Waals surface area contributed by atoms with E-state index in [0.29, 0.717) is 30.7 Å². The van der Waals surface area contributed by atoms with Gasteiger partial charge in [0.25, 0.3) is 0 Å². The first kappa shape index (κ1) is 15.5. The molecule has 0 atom stereocenters. The summed E-state index contributed by atoms with van der Waals surface area (Å²) in [4.78, 5) is 14.4. The second-order valence-corrected chi connectivity index (χ2v) is 4.80. The highest BCUT2D eigenvalue weighted by Gasteiger charge is 2.13. The van der Waals surface area contributed by atoms with E-state index < -0.39 is 0 Å². The number of rotatable bonds is 6. The third-order valence-electron chi connectivity index (χ3n) is 2.67. The van der Waals surface area contributed by atoms with Crippen molar-refractivity contribution in [2.75, 3.05) is 39.3 Å². The van der Waals surface area contributed by atoms with Gasteiger partial charge in [0, 0.05) is 21.2 Å². The van der Waals surface area contributed by atoms with Crippen molar-refractivity contribution in [3.05, 3.63) is 29.5 Å². The van der Waals surface area contributed by atoms with Crippen molar-refractivity contribution in [3.8, 4) is 17.1 Å². The van der Waals surface area contributed by atoms with Gasteiger partial charge in [-0.1, -0.05) is 12.1 Å². The Labute approximate surface area is 128 Å². The van der Waals surface area contributed by atoms with E-state index in [1.807, 2.05) is 38.4 Å². The number of para-hydroxylation sites is 1. The van der Waals surface area contributed by atoms with Gasteiger partial charge >= 0.3 is 0 Å². The summed E-state index contributed by atoms with van der Waals surface area (Å²) in [7, 11) is 5.32. The van der Waals surface area contributed by atoms with Crippen molar-refractivity contribution >= 4 is 17.5 Å². The highest BCUT2D eigenvalue weighted by molar-refractivity contribution is 6.28. The molecule has 0 saturated heterocycles. The molecule has 21 heavy (non-hydrogen) atoms. The van der Waals surface area contributed by atoms with Crippen molar-refractivity contribution in [2.45, 2.75) is 0 Å². The molecule has 2 rings (SSSR count). The molecule has 2 aromatic rings. The summed E-state index contributed by atoms with van der Waals surface area (Å²) in [5, 5.41) is 0.149. The van der Waals surface area contributed by atoms with E-state index in [1.165, 1.54) is 0 Å². The molecular weight excluding hydrogens is 292 g/mol. The summed E-state index contributed by atoms with van der Waals surface area (Å²) >= 11 is 5.97. The lowest BCUT2D eigenvalue weighted by Gasteiger charge is -2.13. The second-order valence-electron chi connectivity index (χ2n) is 4.46. The molecule has 7 heteroatoms. The number of hydrogen-bond donors (Lipinski definition) is 0. The van der Waals surface area contributed by atoms with E-state index in [-0.39, 0.29) is 5.28 Å². The summed E-state index contributed by atoms with van der Waals surface area (Å²) in [5.41, 5.74) is 0.765. The Morgan fingerprint density at radius 3 is 2.57 bits per heavy atom. The zero-order chi connectivity index (χ0) is 15.2. The van der Waals surface area contributed by atoms with Crippen molar-refractivity contribution < 1.29 is 9.47 Å². The number of anilines is 1. The van der Waals surface area contributed by atoms with E-state index in [2.05, 4.69) is 15.0 Å². The molecule has 112 valence electrons. The number of benzene rings is 1. The summed E-state index contributed by atoms with van der Waals surface area (Å²) < 4.78 is 10.7. The molecule has 1 heterocycles. The Morgan fingerprint density at radius 2 is 1.86 bits per heavy atom. The van der Waals surface area contributed by atoms with Gasteiger partial charge < -0.3 is 14.4 Å². The Hall–Kier alpha value is -1.92. The minimum atomic E-state index is 0.149. The zero-order valence-corrected chi connectivity index (χ0v) is 13.0. The SMILES string of the molecule is COCCOc1ccccc1-c1nc(Cl)nc(N(C)C)n1. The fraction of sp³-hybridized carbons (Fsp3) is 0.357. The first-order valence-corrected chi connectivity index (χ1v) is 6.79. The van der Waals surface area contributed by atoms with Crippen LogP contribution in [0.5, 0.6) is 5.75 Å². The minimum absolute atomic E-state index is 0.149. The monoisotopic (exact) mass is 308 g/mol. The maximum absolute atomic E-state index is 5.97. The minimum Gasteiger partial charge on any atom is -0.490 e. The van der Waals surface area contributed by atoms with Gasteiger partial charge in [0.2, 0.25) is 11.2 Å². The smallest absolute Gasteiger partial charge is 0.229 e. The maximum atomic E-state index is 5.97. The first-order chi connectivity index (χ1) is 10.1. The van der Waals surface area contributed by atoms with Gasteiger partial charge in [0.1, 0.15) is 12.4 Å². The van der Waals surface area contributed by atoms with E-state index >= 15 is 0 Å². The van der Waals surface area contributed by atoms with Crippen LogP contribution in [0.15, 0.2) is 24.3 Å². The number of hydrogen-bond acceptors (Lipinski definition) is 6. The average molecular weight is 309 g/mol. The van der Waals surface area contributed by atoms with Crippen LogP contribution in [0.2, 0.25) is 5.28 Å². The molecule has 1 aromatic heterocycles. The van der Waals surface area contributed by atoms with Crippen LogP contribution in [-0.2, 0) is 4.74 Å². The first-order valence-electron chi connectivity index (χ1n) is 6.42. The van der Waals surface area contributed by atoms with Crippen LogP contribution >= 0.6 is 11.6 Å². The van der Waals surface area contributed by atoms with Gasteiger partial charge in [-0.05, 0) is 23.7 Å². The van der Waals surface area contributed by atoms with Crippen LogP contribution in [0.25, 0.3) is 11.4 Å². The lowest BCUT2D eigenvalue weighted by Crippen LogP contribution is -2.14. The summed E-state index contributed by atoms with van der Waals surface area (Å²) in [6, 6.07) is 7.53. The molecule has 1 aromatic carbocycles. The molecule has 0 saturated carbocycles. The van der Waals surface area contributed by atoms with Crippen molar-refractivity contribution in [2.24, 2.45) is 0 Å². The molecule has 0 spiro atoms. The highest BCUT2D eigenvalue weighted by atomic mass is 35.5. The number of halogens is 1. The topological polar surface area (TPSA) is 60.4 Å². The fourth-order valence-electron chi connectivity index (χ4n) is 1.67. The molecule has 0 amide bonds. The lowest BCUT2D eigenvalue weighted by atomic mass is 10.2. The van der Waals surface area contributed by atoms with Crippen LogP contribution in [0.3, 0.4) is 0 Å². The third kappa shape index (κ3) is 4.03. The van der Waals surface area contributed by atoms with Gasteiger partial charge in [0.15, 0.2) is 5.82 Å². The third-order valence-corrected chi connectivity index (χ3v) is 2.84. The number of aromatic nitrogens is 3. The van der Waals surface area contributed by atoms with E-state index in [4.69, 9.17) is 21.1 Å². The van der Waals surface area contributed by atoms with Crippen molar-refractivity contribution in [1.82, 2.24) is 15.0 Å². The van der Waals surface area contributed by atoms with Gasteiger partial charge in [-0.25, -0.2) is 0 Å². The van der Waals surface area contributed by atoms with E-state index in [9.17, 15) is 0 Å². The Bertz CT molecular complexity index is 607. The molecule has 0 fully saturated rings. The van der Waals surface area contributed by atoms with Crippen LogP contribution < -0.4 is 9.64 Å². The Balaban J connectivity index is 2.37. The number of nitrogens with zero attached hydrogens (tertiary/aromatic N) is 4. The largest absolute Gasteiger partial charge is 0.490 e. The van der Waals surface area contributed by atoms with Crippen LogP contribution in [0, 0.1) is 0 Å². The molecule has 0 aliphatic heterocycles. The molecule has 0 unspecified atom stereocenters. The van der Waals surface area contributed by atoms with Crippen LogP contribution in [-0.4, -0.2) is 49.4 Å². The van der Waals surface area contributed by atoms with E-state index in [0.717, 1.165) is 5.56 Å². The zero-order valence-electron chi connectivity index (χ0n) is 12.2. The summed E-state index contributed by atoms with van der Waals surface area (Å²) in [6.45, 7) is 0.960.